The molecule has 0 aliphatic heterocycles. The Morgan fingerprint density at radius 2 is 1.00 bits per heavy atom. The highest BCUT2D eigenvalue weighted by atomic mass is 31.2. The van der Waals surface area contributed by atoms with E-state index in [1.807, 2.05) is 21.1 Å². The second kappa shape index (κ2) is 32.4. The highest BCUT2D eigenvalue weighted by molar-refractivity contribution is 7.47. The smallest absolute Gasteiger partial charge is 0.391 e. The van der Waals surface area contributed by atoms with Crippen LogP contribution in [0.5, 0.6) is 0 Å². The maximum Gasteiger partial charge on any atom is 0.472 e. The van der Waals surface area contributed by atoms with Crippen LogP contribution in [0.15, 0.2) is 0 Å². The lowest BCUT2D eigenvalue weighted by Crippen LogP contribution is -2.46. The molecule has 8 nitrogen and oxygen atoms in total. The minimum Gasteiger partial charge on any atom is -0.391 e. The first-order chi connectivity index (χ1) is 23.0. The minimum atomic E-state index is -4.29. The third kappa shape index (κ3) is 34.0. The molecule has 0 radical (unpaired) electrons. The Labute approximate surface area is 298 Å². The van der Waals surface area contributed by atoms with Crippen LogP contribution in [0.4, 0.5) is 0 Å². The van der Waals surface area contributed by atoms with Crippen LogP contribution >= 0.6 is 7.82 Å². The van der Waals surface area contributed by atoms with Crippen molar-refractivity contribution < 1.29 is 32.9 Å². The van der Waals surface area contributed by atoms with Crippen molar-refractivity contribution in [3.05, 3.63) is 0 Å². The van der Waals surface area contributed by atoms with Gasteiger partial charge in [0.05, 0.1) is 39.9 Å². The number of phosphoric ester groups is 1. The van der Waals surface area contributed by atoms with Crippen molar-refractivity contribution in [2.75, 3.05) is 40.9 Å². The molecule has 0 heterocycles. The molecule has 0 spiro atoms. The number of amides is 1. The summed E-state index contributed by atoms with van der Waals surface area (Å²) in [5, 5.41) is 13.8. The normalized spacial score (nSPS) is 14.6. The lowest BCUT2D eigenvalue weighted by atomic mass is 10.0. The molecule has 3 atom stereocenters. The first kappa shape index (κ1) is 47.5. The minimum absolute atomic E-state index is 0.0774. The monoisotopic (exact) mass is 706 g/mol. The number of unbranched alkanes of at least 4 members (excludes halogenated alkanes) is 24. The van der Waals surface area contributed by atoms with E-state index in [1.54, 1.807) is 0 Å². The molecule has 3 unspecified atom stereocenters. The second-order valence-electron chi connectivity index (χ2n) is 15.4. The highest BCUT2D eigenvalue weighted by Gasteiger charge is 2.28. The number of nitrogens with zero attached hydrogens (tertiary/aromatic N) is 1. The number of phosphoric acid groups is 1. The number of carbonyl (C=O) groups is 1. The van der Waals surface area contributed by atoms with Gasteiger partial charge in [-0.3, -0.25) is 13.8 Å². The van der Waals surface area contributed by atoms with Gasteiger partial charge < -0.3 is 19.8 Å². The Hall–Kier alpha value is -0.500. The standard InChI is InChI=1S/C39H81N2O6P/c1-6-8-10-12-14-15-16-17-18-19-20-21-22-23-24-25-26-27-29-31-33-39(43)40-37(38(42)32-30-28-13-11-9-7-2)36-47-48(44,45)46-35-34-41(3,4)5/h37-38,42H,6-36H2,1-5H3,(H-,40,43,44,45)/p+1. The zero-order chi connectivity index (χ0) is 35.8. The molecule has 0 saturated heterocycles. The fourth-order valence-electron chi connectivity index (χ4n) is 6.05. The first-order valence-electron chi connectivity index (χ1n) is 20.4. The Balaban J connectivity index is 4.12. The molecule has 0 bridgehead atoms. The second-order valence-corrected chi connectivity index (χ2v) is 16.8. The van der Waals surface area contributed by atoms with Crippen LogP contribution in [0, 0.1) is 0 Å². The number of hydrogen-bond acceptors (Lipinski definition) is 5. The van der Waals surface area contributed by atoms with Gasteiger partial charge in [-0.15, -0.1) is 0 Å². The summed E-state index contributed by atoms with van der Waals surface area (Å²) >= 11 is 0. The van der Waals surface area contributed by atoms with Gasteiger partial charge in [-0.25, -0.2) is 4.57 Å². The third-order valence-corrected chi connectivity index (χ3v) is 10.3. The summed E-state index contributed by atoms with van der Waals surface area (Å²) in [6.45, 7) is 4.83. The van der Waals surface area contributed by atoms with Gasteiger partial charge in [-0.2, -0.15) is 0 Å². The van der Waals surface area contributed by atoms with Gasteiger partial charge in [0.1, 0.15) is 13.2 Å². The number of rotatable bonds is 37. The van der Waals surface area contributed by atoms with Crippen molar-refractivity contribution in [2.24, 2.45) is 0 Å². The molecule has 288 valence electrons. The summed E-state index contributed by atoms with van der Waals surface area (Å²) in [6, 6.07) is -0.749. The summed E-state index contributed by atoms with van der Waals surface area (Å²) < 4.78 is 23.4. The molecule has 0 rings (SSSR count). The number of quaternary nitrogens is 1. The van der Waals surface area contributed by atoms with Crippen molar-refractivity contribution in [1.29, 1.82) is 0 Å². The van der Waals surface area contributed by atoms with E-state index < -0.39 is 20.0 Å². The first-order valence-corrected chi connectivity index (χ1v) is 21.9. The molecule has 0 aromatic carbocycles. The van der Waals surface area contributed by atoms with E-state index in [1.165, 1.54) is 128 Å². The number of hydrogen-bond donors (Lipinski definition) is 3. The number of carbonyl (C=O) groups excluding carboxylic acids is 1. The van der Waals surface area contributed by atoms with E-state index in [0.29, 0.717) is 23.9 Å². The molecule has 0 aliphatic carbocycles. The molecule has 0 aromatic rings. The summed E-state index contributed by atoms with van der Waals surface area (Å²) in [7, 11) is 1.62. The summed E-state index contributed by atoms with van der Waals surface area (Å²) in [6.07, 6.45) is 33.0. The van der Waals surface area contributed by atoms with Crippen molar-refractivity contribution in [3.8, 4) is 0 Å². The fourth-order valence-corrected chi connectivity index (χ4v) is 6.78. The molecule has 0 aromatic heterocycles. The van der Waals surface area contributed by atoms with Crippen molar-refractivity contribution in [3.63, 3.8) is 0 Å². The van der Waals surface area contributed by atoms with Crippen LogP contribution in [0.1, 0.15) is 194 Å². The van der Waals surface area contributed by atoms with E-state index >= 15 is 0 Å². The van der Waals surface area contributed by atoms with Gasteiger partial charge in [0.15, 0.2) is 0 Å². The molecule has 1 amide bonds. The number of likely N-dealkylation sites (N-methyl/N-ethyl adjacent to an activating group) is 1. The maximum atomic E-state index is 12.8. The zero-order valence-corrected chi connectivity index (χ0v) is 33.4. The van der Waals surface area contributed by atoms with Gasteiger partial charge in [0.2, 0.25) is 5.91 Å². The zero-order valence-electron chi connectivity index (χ0n) is 32.5. The fraction of sp³-hybridized carbons (Fsp3) is 0.974. The van der Waals surface area contributed by atoms with E-state index in [0.717, 1.165) is 38.5 Å². The largest absolute Gasteiger partial charge is 0.472 e. The van der Waals surface area contributed by atoms with Crippen molar-refractivity contribution in [2.45, 2.75) is 206 Å². The van der Waals surface area contributed by atoms with E-state index in [-0.39, 0.29) is 19.1 Å². The predicted molar refractivity (Wildman–Crippen MR) is 203 cm³/mol. The van der Waals surface area contributed by atoms with E-state index in [9.17, 15) is 19.4 Å². The predicted octanol–water partition coefficient (Wildman–Crippen LogP) is 10.6. The highest BCUT2D eigenvalue weighted by Crippen LogP contribution is 2.43. The van der Waals surface area contributed by atoms with Crippen LogP contribution in [-0.4, -0.2) is 73.4 Å². The van der Waals surface area contributed by atoms with Crippen LogP contribution in [0.25, 0.3) is 0 Å². The molecular weight excluding hydrogens is 623 g/mol. The number of aliphatic hydroxyl groups excluding tert-OH is 1. The average Bonchev–Trinajstić information content (AvgIpc) is 3.02. The van der Waals surface area contributed by atoms with Gasteiger partial charge in [0.25, 0.3) is 0 Å². The van der Waals surface area contributed by atoms with Gasteiger partial charge >= 0.3 is 7.82 Å². The van der Waals surface area contributed by atoms with Gasteiger partial charge in [0, 0.05) is 6.42 Å². The van der Waals surface area contributed by atoms with Crippen LogP contribution < -0.4 is 5.32 Å². The number of nitrogens with one attached hydrogen (secondary N) is 1. The molecular formula is C39H82N2O6P+. The van der Waals surface area contributed by atoms with Crippen LogP contribution in [-0.2, 0) is 18.4 Å². The Kier molecular flexibility index (Phi) is 32.1. The lowest BCUT2D eigenvalue weighted by molar-refractivity contribution is -0.870. The molecule has 48 heavy (non-hydrogen) atoms. The SMILES string of the molecule is CCCCCCCCCCCCCCCCCCCCCCC(=O)NC(COP(=O)(O)OCC[N+](C)(C)C)C(O)CCCCCCCC. The summed E-state index contributed by atoms with van der Waals surface area (Å²) in [4.78, 5) is 22.9. The van der Waals surface area contributed by atoms with Crippen molar-refractivity contribution in [1.82, 2.24) is 5.32 Å². The molecule has 0 aliphatic rings. The van der Waals surface area contributed by atoms with Crippen molar-refractivity contribution >= 4 is 13.7 Å². The van der Waals surface area contributed by atoms with E-state index in [4.69, 9.17) is 9.05 Å². The Morgan fingerprint density at radius 1 is 0.625 bits per heavy atom. The van der Waals surface area contributed by atoms with E-state index in [2.05, 4.69) is 19.2 Å². The average molecular weight is 706 g/mol. The molecule has 0 saturated carbocycles. The number of aliphatic hydroxyl groups is 1. The van der Waals surface area contributed by atoms with Gasteiger partial charge in [-0.1, -0.05) is 174 Å². The molecule has 3 N–H and O–H groups in total. The van der Waals surface area contributed by atoms with Crippen LogP contribution in [0.3, 0.4) is 0 Å². The topological polar surface area (TPSA) is 105 Å². The van der Waals surface area contributed by atoms with Gasteiger partial charge in [-0.05, 0) is 12.8 Å². The Morgan fingerprint density at radius 3 is 1.40 bits per heavy atom. The molecule has 9 heteroatoms. The quantitative estimate of drug-likeness (QED) is 0.0338. The maximum absolute atomic E-state index is 12.8. The van der Waals surface area contributed by atoms with Crippen LogP contribution in [0.2, 0.25) is 0 Å². The summed E-state index contributed by atoms with van der Waals surface area (Å²) in [5.41, 5.74) is 0. The third-order valence-electron chi connectivity index (χ3n) is 9.36. The Bertz CT molecular complexity index is 763. The lowest BCUT2D eigenvalue weighted by Gasteiger charge is -2.26. The summed E-state index contributed by atoms with van der Waals surface area (Å²) in [5.74, 6) is -0.147. The molecule has 0 fully saturated rings.